The van der Waals surface area contributed by atoms with Crippen molar-refractivity contribution in [3.8, 4) is 16.9 Å². The first-order valence-electron chi connectivity index (χ1n) is 8.70. The van der Waals surface area contributed by atoms with Gasteiger partial charge in [-0.1, -0.05) is 59.3 Å². The van der Waals surface area contributed by atoms with Crippen LogP contribution in [-0.4, -0.2) is 31.4 Å². The predicted molar refractivity (Wildman–Crippen MR) is 118 cm³/mol. The van der Waals surface area contributed by atoms with Gasteiger partial charge < -0.3 is 5.32 Å². The van der Waals surface area contributed by atoms with E-state index in [0.717, 1.165) is 16.9 Å². The molecule has 2 heterocycles. The first-order valence-corrected chi connectivity index (χ1v) is 10.9. The second-order valence-electron chi connectivity index (χ2n) is 6.20. The summed E-state index contributed by atoms with van der Waals surface area (Å²) in [6, 6.07) is 15.5. The lowest BCUT2D eigenvalue weighted by Gasteiger charge is -2.06. The van der Waals surface area contributed by atoms with Crippen LogP contribution in [0.4, 0.5) is 5.13 Å². The van der Waals surface area contributed by atoms with E-state index in [1.54, 1.807) is 17.0 Å². The summed E-state index contributed by atoms with van der Waals surface area (Å²) in [5.41, 5.74) is 3.91. The van der Waals surface area contributed by atoms with Gasteiger partial charge in [-0.25, -0.2) is 4.98 Å². The number of aromatic nitrogens is 4. The molecule has 9 heteroatoms. The Labute approximate surface area is 181 Å². The molecule has 146 valence electrons. The van der Waals surface area contributed by atoms with E-state index in [1.807, 2.05) is 54.8 Å². The lowest BCUT2D eigenvalue weighted by Crippen LogP contribution is -2.14. The number of thiazole rings is 1. The third-order valence-corrected chi connectivity index (χ3v) is 5.97. The lowest BCUT2D eigenvalue weighted by molar-refractivity contribution is -0.113. The van der Waals surface area contributed by atoms with Gasteiger partial charge in [0.2, 0.25) is 5.91 Å². The number of aryl methyl sites for hydroxylation is 1. The second kappa shape index (κ2) is 8.77. The van der Waals surface area contributed by atoms with Crippen LogP contribution in [0.25, 0.3) is 16.9 Å². The van der Waals surface area contributed by atoms with Gasteiger partial charge in [-0.3, -0.25) is 9.36 Å². The fourth-order valence-electron chi connectivity index (χ4n) is 2.60. The molecule has 0 aliphatic heterocycles. The minimum Gasteiger partial charge on any atom is -0.301 e. The Hall–Kier alpha value is -2.68. The van der Waals surface area contributed by atoms with Crippen LogP contribution >= 0.6 is 34.7 Å². The van der Waals surface area contributed by atoms with Gasteiger partial charge in [-0.15, -0.1) is 21.5 Å². The molecule has 0 spiro atoms. The molecule has 6 nitrogen and oxygen atoms in total. The first-order chi connectivity index (χ1) is 14.1. The summed E-state index contributed by atoms with van der Waals surface area (Å²) in [5, 5.41) is 14.6. The third kappa shape index (κ3) is 4.84. The zero-order valence-corrected chi connectivity index (χ0v) is 17.8. The van der Waals surface area contributed by atoms with Crippen LogP contribution in [0.1, 0.15) is 5.56 Å². The van der Waals surface area contributed by atoms with Crippen molar-refractivity contribution < 1.29 is 4.79 Å². The molecule has 0 unspecified atom stereocenters. The highest BCUT2D eigenvalue weighted by Crippen LogP contribution is 2.26. The van der Waals surface area contributed by atoms with Gasteiger partial charge in [0.15, 0.2) is 10.3 Å². The highest BCUT2D eigenvalue weighted by molar-refractivity contribution is 7.99. The molecule has 0 fully saturated rings. The van der Waals surface area contributed by atoms with Crippen molar-refractivity contribution >= 4 is 45.7 Å². The molecule has 0 bridgehead atoms. The van der Waals surface area contributed by atoms with E-state index in [1.165, 1.54) is 28.7 Å². The molecule has 4 aromatic rings. The number of hydrogen-bond donors (Lipinski definition) is 1. The molecule has 4 rings (SSSR count). The van der Waals surface area contributed by atoms with E-state index in [0.29, 0.717) is 15.3 Å². The van der Waals surface area contributed by atoms with Crippen molar-refractivity contribution in [1.29, 1.82) is 0 Å². The van der Waals surface area contributed by atoms with Gasteiger partial charge in [0.25, 0.3) is 0 Å². The number of benzene rings is 2. The topological polar surface area (TPSA) is 72.7 Å². The van der Waals surface area contributed by atoms with Gasteiger partial charge in [-0.05, 0) is 25.1 Å². The van der Waals surface area contributed by atoms with E-state index in [9.17, 15) is 4.79 Å². The maximum Gasteiger partial charge on any atom is 0.236 e. The maximum absolute atomic E-state index is 12.4. The Morgan fingerprint density at radius 3 is 2.86 bits per heavy atom. The van der Waals surface area contributed by atoms with E-state index >= 15 is 0 Å². The quantitative estimate of drug-likeness (QED) is 0.422. The third-order valence-electron chi connectivity index (χ3n) is 4.03. The minimum absolute atomic E-state index is 0.152. The summed E-state index contributed by atoms with van der Waals surface area (Å²) in [7, 11) is 0. The molecule has 2 aromatic heterocycles. The van der Waals surface area contributed by atoms with Crippen LogP contribution in [0, 0.1) is 6.92 Å². The summed E-state index contributed by atoms with van der Waals surface area (Å²) < 4.78 is 1.79. The van der Waals surface area contributed by atoms with Crippen LogP contribution in [0.5, 0.6) is 0 Å². The molecule has 0 saturated carbocycles. The average molecular weight is 442 g/mol. The number of carbonyl (C=O) groups is 1. The predicted octanol–water partition coefficient (Wildman–Crippen LogP) is 5.08. The second-order valence-corrected chi connectivity index (χ2v) is 8.44. The Kier molecular flexibility index (Phi) is 5.94. The van der Waals surface area contributed by atoms with E-state index in [4.69, 9.17) is 11.6 Å². The standard InChI is InChI=1S/C20H16ClN5OS2/c1-13-5-7-14(8-6-13)17-10-28-19(23-17)24-18(27)11-29-20-25-22-12-26(20)16-4-2-3-15(21)9-16/h2-10,12H,11H2,1H3,(H,23,24,27). The fraction of sp³-hybridized carbons (Fsp3) is 0.100. The zero-order chi connectivity index (χ0) is 20.2. The van der Waals surface area contributed by atoms with Crippen LogP contribution in [0.3, 0.4) is 0 Å². The molecular formula is C20H16ClN5OS2. The summed E-state index contributed by atoms with van der Waals surface area (Å²) >= 11 is 8.75. The molecular weight excluding hydrogens is 426 g/mol. The number of hydrogen-bond acceptors (Lipinski definition) is 6. The van der Waals surface area contributed by atoms with Crippen LogP contribution in [0.15, 0.2) is 65.4 Å². The van der Waals surface area contributed by atoms with Crippen molar-refractivity contribution in [2.75, 3.05) is 11.1 Å². The Balaban J connectivity index is 1.38. The smallest absolute Gasteiger partial charge is 0.236 e. The normalized spacial score (nSPS) is 10.8. The number of nitrogens with zero attached hydrogens (tertiary/aromatic N) is 4. The number of nitrogens with one attached hydrogen (secondary N) is 1. The van der Waals surface area contributed by atoms with Crippen molar-refractivity contribution in [3.63, 3.8) is 0 Å². The maximum atomic E-state index is 12.4. The average Bonchev–Trinajstić information content (AvgIpc) is 3.36. The molecule has 29 heavy (non-hydrogen) atoms. The molecule has 1 N–H and O–H groups in total. The van der Waals surface area contributed by atoms with Crippen molar-refractivity contribution in [3.05, 3.63) is 70.8 Å². The molecule has 0 radical (unpaired) electrons. The van der Waals surface area contributed by atoms with Crippen LogP contribution < -0.4 is 5.32 Å². The van der Waals surface area contributed by atoms with E-state index in [-0.39, 0.29) is 11.7 Å². The summed E-state index contributed by atoms with van der Waals surface area (Å²) in [5.74, 6) is 0.0408. The van der Waals surface area contributed by atoms with Crippen molar-refractivity contribution in [2.45, 2.75) is 12.1 Å². The first kappa shape index (κ1) is 19.6. The Morgan fingerprint density at radius 2 is 2.07 bits per heavy atom. The lowest BCUT2D eigenvalue weighted by atomic mass is 10.1. The van der Waals surface area contributed by atoms with Gasteiger partial charge in [-0.2, -0.15) is 0 Å². The fourth-order valence-corrected chi connectivity index (χ4v) is 4.25. The molecule has 1 amide bonds. The van der Waals surface area contributed by atoms with Gasteiger partial charge in [0.1, 0.15) is 6.33 Å². The summed E-state index contributed by atoms with van der Waals surface area (Å²) in [4.78, 5) is 16.9. The van der Waals surface area contributed by atoms with Crippen molar-refractivity contribution in [2.24, 2.45) is 0 Å². The van der Waals surface area contributed by atoms with Crippen LogP contribution in [-0.2, 0) is 4.79 Å². The van der Waals surface area contributed by atoms with Crippen molar-refractivity contribution in [1.82, 2.24) is 19.7 Å². The largest absolute Gasteiger partial charge is 0.301 e. The summed E-state index contributed by atoms with van der Waals surface area (Å²) in [6.45, 7) is 2.04. The number of anilines is 1. The van der Waals surface area contributed by atoms with Gasteiger partial charge >= 0.3 is 0 Å². The zero-order valence-electron chi connectivity index (χ0n) is 15.4. The molecule has 0 aliphatic rings. The number of thioether (sulfide) groups is 1. The number of rotatable bonds is 6. The number of amides is 1. The Bertz CT molecular complexity index is 1140. The number of halogens is 1. The molecule has 0 aliphatic carbocycles. The van der Waals surface area contributed by atoms with E-state index < -0.39 is 0 Å². The SMILES string of the molecule is Cc1ccc(-c2csc(NC(=O)CSc3nncn3-c3cccc(Cl)c3)n2)cc1. The molecule has 0 atom stereocenters. The molecule has 2 aromatic carbocycles. The van der Waals surface area contributed by atoms with Gasteiger partial charge in [0, 0.05) is 16.0 Å². The summed E-state index contributed by atoms with van der Waals surface area (Å²) in [6.07, 6.45) is 1.60. The highest BCUT2D eigenvalue weighted by Gasteiger charge is 2.12. The minimum atomic E-state index is -0.152. The highest BCUT2D eigenvalue weighted by atomic mass is 35.5. The van der Waals surface area contributed by atoms with E-state index in [2.05, 4.69) is 20.5 Å². The van der Waals surface area contributed by atoms with Gasteiger partial charge in [0.05, 0.1) is 17.1 Å². The number of carbonyl (C=O) groups excluding carboxylic acids is 1. The van der Waals surface area contributed by atoms with Crippen LogP contribution in [0.2, 0.25) is 5.02 Å². The monoisotopic (exact) mass is 441 g/mol. The molecule has 0 saturated heterocycles. The Morgan fingerprint density at radius 1 is 1.24 bits per heavy atom.